The van der Waals surface area contributed by atoms with Crippen LogP contribution in [-0.4, -0.2) is 227 Å². The third kappa shape index (κ3) is 9.43. The topological polar surface area (TPSA) is 371 Å². The van der Waals surface area contributed by atoms with E-state index >= 15 is 0 Å². The summed E-state index contributed by atoms with van der Waals surface area (Å²) in [5, 5.41) is 139. The lowest BCUT2D eigenvalue weighted by atomic mass is 9.33. The Morgan fingerprint density at radius 1 is 0.584 bits per heavy atom. The molecule has 0 radical (unpaired) electrons. The molecule has 0 unspecified atom stereocenters. The van der Waals surface area contributed by atoms with Crippen molar-refractivity contribution in [1.29, 1.82) is 0 Å². The van der Waals surface area contributed by atoms with Gasteiger partial charge >= 0.3 is 5.97 Å². The Bertz CT molecular complexity index is 2130. The van der Waals surface area contributed by atoms with Crippen LogP contribution in [0.4, 0.5) is 0 Å². The van der Waals surface area contributed by atoms with Gasteiger partial charge in [0, 0.05) is 0 Å². The molecule has 4 aliphatic heterocycles. The third-order valence-electron chi connectivity index (χ3n) is 21.5. The van der Waals surface area contributed by atoms with Crippen molar-refractivity contribution < 1.29 is 114 Å². The van der Waals surface area contributed by atoms with E-state index in [1.165, 1.54) is 6.92 Å². The largest absolute Gasteiger partial charge is 0.432 e. The molecular formula is C54H86O23. The number of aldehydes is 1. The van der Waals surface area contributed by atoms with E-state index in [0.29, 0.717) is 57.8 Å². The summed E-state index contributed by atoms with van der Waals surface area (Å²) in [5.74, 6) is -0.947. The van der Waals surface area contributed by atoms with Crippen LogP contribution in [0.25, 0.3) is 0 Å². The minimum Gasteiger partial charge on any atom is -0.432 e. The third-order valence-corrected chi connectivity index (χ3v) is 21.5. The van der Waals surface area contributed by atoms with Crippen LogP contribution in [0, 0.1) is 56.7 Å². The molecule has 0 spiro atoms. The number of aliphatic hydroxyl groups is 13. The quantitative estimate of drug-likeness (QED) is 0.0436. The molecule has 0 aromatic carbocycles. The SMILES string of the molecule is C[C@H]1[C@H](C)CC[C@]2(C(=O)O[C@@H]3O[C@H](CO)[C@@H](O)[C@H](O)[C@H]3O)CC[C@]3(C=O)C(=CC[C@@H]4[C@@]5(C)CC[C@H](O[C@@H]6O[C@H](CO)[C@@H](O)[C@H](O)[C@H]6O[C@@H]6O[C@H](CO)[C@@H](O)[C@H](O)[C@H]6O[C@@H]6O[C@@H](C)[C@H](O)[C@@H](O)[C@H]6O)C(C)(C)[C@@H]5CC[C@]43C)[C@H]12. The first kappa shape index (κ1) is 59.7. The number of hydrogen-bond acceptors (Lipinski definition) is 23. The average Bonchev–Trinajstić information content (AvgIpc) is 3.59. The normalized spacial score (nSPS) is 54.6. The zero-order chi connectivity index (χ0) is 56.2. The Morgan fingerprint density at radius 2 is 1.12 bits per heavy atom. The molecule has 0 aromatic heterocycles. The molecule has 440 valence electrons. The van der Waals surface area contributed by atoms with E-state index in [-0.39, 0.29) is 29.1 Å². The molecule has 9 aliphatic rings. The van der Waals surface area contributed by atoms with Gasteiger partial charge in [-0.15, -0.1) is 0 Å². The molecule has 0 amide bonds. The Balaban J connectivity index is 0.977. The van der Waals surface area contributed by atoms with Crippen molar-refractivity contribution in [2.24, 2.45) is 56.7 Å². The van der Waals surface area contributed by atoms with Crippen molar-refractivity contribution in [3.8, 4) is 0 Å². The van der Waals surface area contributed by atoms with Crippen LogP contribution >= 0.6 is 0 Å². The van der Waals surface area contributed by atoms with Crippen molar-refractivity contribution >= 4 is 12.3 Å². The van der Waals surface area contributed by atoms with Gasteiger partial charge in [0.05, 0.1) is 42.9 Å². The maximum absolute atomic E-state index is 14.8. The van der Waals surface area contributed by atoms with Crippen LogP contribution in [0.5, 0.6) is 0 Å². The summed E-state index contributed by atoms with van der Waals surface area (Å²) in [5.41, 5.74) is -2.72. The van der Waals surface area contributed by atoms with E-state index < -0.39 is 182 Å². The molecule has 77 heavy (non-hydrogen) atoms. The lowest BCUT2D eigenvalue weighted by molar-refractivity contribution is -0.397. The molecule has 8 fully saturated rings. The van der Waals surface area contributed by atoms with Gasteiger partial charge in [-0.1, -0.05) is 53.2 Å². The van der Waals surface area contributed by atoms with E-state index in [1.807, 2.05) is 0 Å². The summed E-state index contributed by atoms with van der Waals surface area (Å²) < 4.78 is 48.5. The van der Waals surface area contributed by atoms with Crippen molar-refractivity contribution in [1.82, 2.24) is 0 Å². The van der Waals surface area contributed by atoms with Crippen molar-refractivity contribution in [3.05, 3.63) is 11.6 Å². The van der Waals surface area contributed by atoms with Gasteiger partial charge in [0.2, 0.25) is 6.29 Å². The van der Waals surface area contributed by atoms with Crippen LogP contribution < -0.4 is 0 Å². The Labute approximate surface area is 448 Å². The fraction of sp³-hybridized carbons (Fsp3) is 0.926. The van der Waals surface area contributed by atoms with E-state index in [0.717, 1.165) is 11.9 Å². The van der Waals surface area contributed by atoms with E-state index in [2.05, 4.69) is 47.6 Å². The number of fused-ring (bicyclic) bond motifs is 7. The van der Waals surface area contributed by atoms with Gasteiger partial charge in [-0.3, -0.25) is 4.79 Å². The smallest absolute Gasteiger partial charge is 0.315 e. The fourth-order valence-electron chi connectivity index (χ4n) is 16.6. The van der Waals surface area contributed by atoms with Crippen LogP contribution in [0.15, 0.2) is 11.6 Å². The summed E-state index contributed by atoms with van der Waals surface area (Å²) >= 11 is 0. The standard InChI is InChI=1S/C54H86O23/c1-22-10-15-53(49(69)77-46-42(68)38(64)34(60)26(18-55)71-46)16-17-54(21-58)25(32(53)23(22)2)8-9-30-51(6)13-12-31(50(4,5)29(51)11-14-52(30,54)7)74-47-43(39(65)35(61)27(19-56)72-47)76-48-44(40(66)36(62)28(20-57)73-48)75-45-41(67)37(63)33(59)24(3)70-45/h8,21-24,26-48,55-57,59-68H,9-20H2,1-7H3/t22-,23+,24+,26-,27-,28-,29+,30-,31+,32+,33+,34-,35-,36-,37-,38+,39+,40+,41-,42-,43-,44-,45+,46+,47+,48+,51+,52-,53+,54+/m1/s1. The van der Waals surface area contributed by atoms with Crippen molar-refractivity contribution in [3.63, 3.8) is 0 Å². The molecule has 4 saturated heterocycles. The van der Waals surface area contributed by atoms with Gasteiger partial charge in [0.15, 0.2) is 18.9 Å². The average molecular weight is 1100 g/mol. The summed E-state index contributed by atoms with van der Waals surface area (Å²) in [6.07, 6.45) is -25.1. The number of aliphatic hydroxyl groups excluding tert-OH is 13. The molecule has 0 bridgehead atoms. The Hall–Kier alpha value is -1.92. The first-order valence-corrected chi connectivity index (χ1v) is 27.8. The van der Waals surface area contributed by atoms with Gasteiger partial charge in [-0.25, -0.2) is 0 Å². The number of allylic oxidation sites excluding steroid dienone is 2. The lowest BCUT2D eigenvalue weighted by Gasteiger charge is -2.71. The minimum absolute atomic E-state index is 0.0220. The maximum Gasteiger partial charge on any atom is 0.315 e. The zero-order valence-corrected chi connectivity index (χ0v) is 45.0. The summed E-state index contributed by atoms with van der Waals surface area (Å²) in [6.45, 7) is 12.1. The molecule has 23 heteroatoms. The number of carbonyl (C=O) groups excluding carboxylic acids is 2. The van der Waals surface area contributed by atoms with Crippen molar-refractivity contribution in [2.45, 2.75) is 235 Å². The van der Waals surface area contributed by atoms with Crippen LogP contribution in [0.1, 0.15) is 106 Å². The summed E-state index contributed by atoms with van der Waals surface area (Å²) in [7, 11) is 0. The van der Waals surface area contributed by atoms with Crippen LogP contribution in [-0.2, 0) is 47.5 Å². The molecule has 4 heterocycles. The van der Waals surface area contributed by atoms with Crippen molar-refractivity contribution in [2.75, 3.05) is 19.8 Å². The van der Waals surface area contributed by atoms with Crippen LogP contribution in [0.3, 0.4) is 0 Å². The number of ether oxygens (including phenoxy) is 8. The number of rotatable bonds is 12. The zero-order valence-electron chi connectivity index (χ0n) is 45.0. The lowest BCUT2D eigenvalue weighted by Crippen LogP contribution is -2.68. The molecule has 9 rings (SSSR count). The van der Waals surface area contributed by atoms with Gasteiger partial charge < -0.3 is 109 Å². The van der Waals surface area contributed by atoms with E-state index in [4.69, 9.17) is 37.9 Å². The van der Waals surface area contributed by atoms with Gasteiger partial charge in [0.1, 0.15) is 97.8 Å². The highest BCUT2D eigenvalue weighted by atomic mass is 16.8. The van der Waals surface area contributed by atoms with Gasteiger partial charge in [-0.2, -0.15) is 0 Å². The number of hydrogen-bond donors (Lipinski definition) is 13. The highest BCUT2D eigenvalue weighted by Crippen LogP contribution is 2.76. The highest BCUT2D eigenvalue weighted by molar-refractivity contribution is 5.81. The molecule has 30 atom stereocenters. The molecule has 13 N–H and O–H groups in total. The first-order valence-electron chi connectivity index (χ1n) is 27.8. The number of carbonyl (C=O) groups is 2. The second-order valence-corrected chi connectivity index (χ2v) is 25.4. The molecular weight excluding hydrogens is 1020 g/mol. The summed E-state index contributed by atoms with van der Waals surface area (Å²) in [4.78, 5) is 29.1. The molecule has 4 saturated carbocycles. The predicted molar refractivity (Wildman–Crippen MR) is 262 cm³/mol. The molecule has 23 nitrogen and oxygen atoms in total. The molecule has 5 aliphatic carbocycles. The highest BCUT2D eigenvalue weighted by Gasteiger charge is 2.72. The Morgan fingerprint density at radius 3 is 1.70 bits per heavy atom. The van der Waals surface area contributed by atoms with Gasteiger partial charge in [-0.05, 0) is 111 Å². The second-order valence-electron chi connectivity index (χ2n) is 25.4. The first-order chi connectivity index (χ1) is 36.2. The molecule has 0 aromatic rings. The minimum atomic E-state index is -1.89. The number of esters is 1. The Kier molecular flexibility index (Phi) is 17.1. The monoisotopic (exact) mass is 1100 g/mol. The predicted octanol–water partition coefficient (Wildman–Crippen LogP) is -1.97. The second kappa shape index (κ2) is 22.0. The van der Waals surface area contributed by atoms with E-state index in [1.54, 1.807) is 0 Å². The fourth-order valence-corrected chi connectivity index (χ4v) is 16.6. The maximum atomic E-state index is 14.8. The van der Waals surface area contributed by atoms with E-state index in [9.17, 15) is 76.0 Å². The summed E-state index contributed by atoms with van der Waals surface area (Å²) in [6, 6.07) is 0. The van der Waals surface area contributed by atoms with Crippen LogP contribution in [0.2, 0.25) is 0 Å². The van der Waals surface area contributed by atoms with Gasteiger partial charge in [0.25, 0.3) is 0 Å².